The Morgan fingerprint density at radius 3 is 2.56 bits per heavy atom. The van der Waals surface area contributed by atoms with Crippen molar-refractivity contribution < 1.29 is 9.53 Å². The SMILES string of the molecule is COC(=O)C(C)CN(C)CCCCC(C)(C)C#N. The molecule has 104 valence electrons. The first-order valence-corrected chi connectivity index (χ1v) is 6.50. The van der Waals surface area contributed by atoms with Crippen molar-refractivity contribution in [2.75, 3.05) is 27.2 Å². The molecule has 0 heterocycles. The molecule has 1 atom stereocenters. The molecule has 0 aromatic heterocycles. The molecule has 0 N–H and O–H groups in total. The number of nitrogens with zero attached hydrogens (tertiary/aromatic N) is 2. The highest BCUT2D eigenvalue weighted by Crippen LogP contribution is 2.21. The van der Waals surface area contributed by atoms with Gasteiger partial charge in [0.1, 0.15) is 0 Å². The average Bonchev–Trinajstić information content (AvgIpc) is 2.33. The molecule has 0 aliphatic carbocycles. The van der Waals surface area contributed by atoms with Gasteiger partial charge in [0, 0.05) is 6.54 Å². The number of unbranched alkanes of at least 4 members (excludes halogenated alkanes) is 1. The van der Waals surface area contributed by atoms with Gasteiger partial charge in [-0.1, -0.05) is 13.3 Å². The first-order valence-electron chi connectivity index (χ1n) is 6.50. The number of ether oxygens (including phenoxy) is 1. The standard InChI is InChI=1S/C14H26N2O2/c1-12(13(17)18-5)10-16(4)9-7-6-8-14(2,3)11-15/h12H,6-10H2,1-5H3. The van der Waals surface area contributed by atoms with Crippen LogP contribution in [-0.4, -0.2) is 38.1 Å². The number of methoxy groups -OCH3 is 1. The van der Waals surface area contributed by atoms with Crippen molar-refractivity contribution in [3.05, 3.63) is 0 Å². The smallest absolute Gasteiger partial charge is 0.309 e. The molecule has 0 aliphatic heterocycles. The van der Waals surface area contributed by atoms with Crippen LogP contribution in [-0.2, 0) is 9.53 Å². The summed E-state index contributed by atoms with van der Waals surface area (Å²) in [6.07, 6.45) is 3.01. The third-order valence-electron chi connectivity index (χ3n) is 3.08. The lowest BCUT2D eigenvalue weighted by molar-refractivity contribution is -0.145. The van der Waals surface area contributed by atoms with Crippen LogP contribution in [0.3, 0.4) is 0 Å². The molecule has 0 aromatic carbocycles. The van der Waals surface area contributed by atoms with Gasteiger partial charge in [-0.15, -0.1) is 0 Å². The second-order valence-corrected chi connectivity index (χ2v) is 5.64. The van der Waals surface area contributed by atoms with Crippen molar-refractivity contribution in [2.45, 2.75) is 40.0 Å². The maximum absolute atomic E-state index is 11.3. The monoisotopic (exact) mass is 254 g/mol. The lowest BCUT2D eigenvalue weighted by Gasteiger charge is -2.20. The van der Waals surface area contributed by atoms with Gasteiger partial charge in [-0.3, -0.25) is 4.79 Å². The van der Waals surface area contributed by atoms with Crippen LogP contribution < -0.4 is 0 Å². The summed E-state index contributed by atoms with van der Waals surface area (Å²) >= 11 is 0. The van der Waals surface area contributed by atoms with E-state index < -0.39 is 0 Å². The van der Waals surface area contributed by atoms with E-state index in [1.54, 1.807) is 0 Å². The summed E-state index contributed by atoms with van der Waals surface area (Å²) in [6, 6.07) is 2.31. The van der Waals surface area contributed by atoms with Gasteiger partial charge in [0.05, 0.1) is 24.5 Å². The Labute approximate surface area is 111 Å². The molecule has 0 rings (SSSR count). The first kappa shape index (κ1) is 16.9. The lowest BCUT2D eigenvalue weighted by atomic mass is 9.89. The maximum Gasteiger partial charge on any atom is 0.309 e. The zero-order valence-electron chi connectivity index (χ0n) is 12.3. The molecule has 0 aromatic rings. The second kappa shape index (κ2) is 8.10. The van der Waals surface area contributed by atoms with Crippen LogP contribution in [0.1, 0.15) is 40.0 Å². The molecule has 0 saturated carbocycles. The number of carbonyl (C=O) groups excluding carboxylic acids is 1. The zero-order chi connectivity index (χ0) is 14.2. The van der Waals surface area contributed by atoms with Crippen LogP contribution in [0.15, 0.2) is 0 Å². The highest BCUT2D eigenvalue weighted by molar-refractivity contribution is 5.71. The summed E-state index contributed by atoms with van der Waals surface area (Å²) in [5, 5.41) is 8.90. The molecule has 0 radical (unpaired) electrons. The van der Waals surface area contributed by atoms with E-state index in [-0.39, 0.29) is 17.3 Å². The van der Waals surface area contributed by atoms with Gasteiger partial charge >= 0.3 is 5.97 Å². The van der Waals surface area contributed by atoms with Crippen LogP contribution >= 0.6 is 0 Å². The predicted molar refractivity (Wildman–Crippen MR) is 71.9 cm³/mol. The topological polar surface area (TPSA) is 53.3 Å². The molecular weight excluding hydrogens is 228 g/mol. The van der Waals surface area contributed by atoms with Crippen molar-refractivity contribution in [1.82, 2.24) is 4.90 Å². The van der Waals surface area contributed by atoms with Gasteiger partial charge in [-0.2, -0.15) is 5.26 Å². The summed E-state index contributed by atoms with van der Waals surface area (Å²) in [5.74, 6) is -0.247. The summed E-state index contributed by atoms with van der Waals surface area (Å²) < 4.78 is 4.70. The van der Waals surface area contributed by atoms with Crippen molar-refractivity contribution in [1.29, 1.82) is 5.26 Å². The summed E-state index contributed by atoms with van der Waals surface area (Å²) in [6.45, 7) is 7.48. The Bertz CT molecular complexity index is 295. The summed E-state index contributed by atoms with van der Waals surface area (Å²) in [7, 11) is 3.43. The molecule has 0 amide bonds. The van der Waals surface area contributed by atoms with Gasteiger partial charge < -0.3 is 9.64 Å². The highest BCUT2D eigenvalue weighted by Gasteiger charge is 2.17. The molecule has 0 saturated heterocycles. The van der Waals surface area contributed by atoms with Crippen molar-refractivity contribution in [2.24, 2.45) is 11.3 Å². The Morgan fingerprint density at radius 2 is 2.06 bits per heavy atom. The van der Waals surface area contributed by atoms with Gasteiger partial charge in [0.25, 0.3) is 0 Å². The summed E-state index contributed by atoms with van der Waals surface area (Å²) in [4.78, 5) is 13.4. The van der Waals surface area contributed by atoms with Crippen LogP contribution in [0, 0.1) is 22.7 Å². The van der Waals surface area contributed by atoms with Crippen LogP contribution in [0.5, 0.6) is 0 Å². The minimum atomic E-state index is -0.224. The average molecular weight is 254 g/mol. The lowest BCUT2D eigenvalue weighted by Crippen LogP contribution is -2.30. The Kier molecular flexibility index (Phi) is 7.61. The molecule has 4 heteroatoms. The largest absolute Gasteiger partial charge is 0.469 e. The number of rotatable bonds is 8. The van der Waals surface area contributed by atoms with Gasteiger partial charge in [0.2, 0.25) is 0 Å². The zero-order valence-corrected chi connectivity index (χ0v) is 12.3. The third-order valence-corrected chi connectivity index (χ3v) is 3.08. The fourth-order valence-corrected chi connectivity index (χ4v) is 1.84. The summed E-state index contributed by atoms with van der Waals surface area (Å²) in [5.41, 5.74) is -0.224. The van der Waals surface area contributed by atoms with E-state index in [0.717, 1.165) is 25.8 Å². The molecule has 0 aliphatic rings. The minimum absolute atomic E-state index is 0.0875. The van der Waals surface area contributed by atoms with E-state index in [2.05, 4.69) is 11.0 Å². The normalized spacial score (nSPS) is 13.2. The van der Waals surface area contributed by atoms with E-state index in [1.807, 2.05) is 27.8 Å². The predicted octanol–water partition coefficient (Wildman–Crippen LogP) is 2.45. The third kappa shape index (κ3) is 7.29. The number of nitriles is 1. The second-order valence-electron chi connectivity index (χ2n) is 5.64. The molecule has 4 nitrogen and oxygen atoms in total. The van der Waals surface area contributed by atoms with Crippen molar-refractivity contribution in [3.8, 4) is 6.07 Å². The molecule has 1 unspecified atom stereocenters. The van der Waals surface area contributed by atoms with E-state index in [4.69, 9.17) is 10.00 Å². The van der Waals surface area contributed by atoms with Gasteiger partial charge in [-0.25, -0.2) is 0 Å². The Balaban J connectivity index is 3.76. The van der Waals surface area contributed by atoms with E-state index in [0.29, 0.717) is 6.54 Å². The quantitative estimate of drug-likeness (QED) is 0.493. The van der Waals surface area contributed by atoms with Crippen molar-refractivity contribution in [3.63, 3.8) is 0 Å². The van der Waals surface area contributed by atoms with E-state index in [1.165, 1.54) is 7.11 Å². The first-order chi connectivity index (χ1) is 8.32. The Morgan fingerprint density at radius 1 is 1.44 bits per heavy atom. The molecule has 0 fully saturated rings. The number of hydrogen-bond donors (Lipinski definition) is 0. The van der Waals surface area contributed by atoms with E-state index in [9.17, 15) is 4.79 Å². The molecule has 18 heavy (non-hydrogen) atoms. The number of hydrogen-bond acceptors (Lipinski definition) is 4. The maximum atomic E-state index is 11.3. The van der Waals surface area contributed by atoms with Crippen LogP contribution in [0.25, 0.3) is 0 Å². The van der Waals surface area contributed by atoms with Gasteiger partial charge in [-0.05, 0) is 40.3 Å². The minimum Gasteiger partial charge on any atom is -0.469 e. The van der Waals surface area contributed by atoms with E-state index >= 15 is 0 Å². The molecular formula is C14H26N2O2. The fourth-order valence-electron chi connectivity index (χ4n) is 1.84. The highest BCUT2D eigenvalue weighted by atomic mass is 16.5. The van der Waals surface area contributed by atoms with Crippen molar-refractivity contribution >= 4 is 5.97 Å². The number of carbonyl (C=O) groups is 1. The van der Waals surface area contributed by atoms with Crippen LogP contribution in [0.4, 0.5) is 0 Å². The van der Waals surface area contributed by atoms with Gasteiger partial charge in [0.15, 0.2) is 0 Å². The Hall–Kier alpha value is -1.08. The number of esters is 1. The molecule has 0 bridgehead atoms. The van der Waals surface area contributed by atoms with Crippen LogP contribution in [0.2, 0.25) is 0 Å². The fraction of sp³-hybridized carbons (Fsp3) is 0.857. The molecule has 0 spiro atoms.